The van der Waals surface area contributed by atoms with Crippen molar-refractivity contribution in [2.75, 3.05) is 26.2 Å². The normalized spacial score (nSPS) is 22.9. The summed E-state index contributed by atoms with van der Waals surface area (Å²) in [6, 6.07) is 3.33. The minimum Gasteiger partial charge on any atom is -0.468 e. The van der Waals surface area contributed by atoms with Crippen LogP contribution in [0.15, 0.2) is 12.1 Å². The van der Waals surface area contributed by atoms with Crippen LogP contribution >= 0.6 is 0 Å². The quantitative estimate of drug-likeness (QED) is 0.634. The molecule has 1 aromatic heterocycles. The van der Waals surface area contributed by atoms with E-state index in [0.29, 0.717) is 19.5 Å². The fourth-order valence-electron chi connectivity index (χ4n) is 4.56. The van der Waals surface area contributed by atoms with Crippen LogP contribution in [0, 0.1) is 5.92 Å². The molecule has 1 aliphatic heterocycles. The molecule has 1 atom stereocenters. The van der Waals surface area contributed by atoms with Crippen LogP contribution in [0.5, 0.6) is 5.88 Å². The molecule has 0 spiro atoms. The molecular formula is C24H36F3N3O4. The van der Waals surface area contributed by atoms with Crippen molar-refractivity contribution >= 4 is 6.09 Å². The number of β-amino-alcohol motifs (C(OH)–C–C–N with tert-alkyl or cyclic N) is 1. The van der Waals surface area contributed by atoms with Gasteiger partial charge in [0, 0.05) is 43.9 Å². The number of amides is 1. The van der Waals surface area contributed by atoms with E-state index < -0.39 is 30.6 Å². The van der Waals surface area contributed by atoms with Gasteiger partial charge in [-0.05, 0) is 64.4 Å². The molecule has 1 amide bonds. The molecule has 0 bridgehead atoms. The predicted molar refractivity (Wildman–Crippen MR) is 121 cm³/mol. The van der Waals surface area contributed by atoms with Crippen LogP contribution in [-0.4, -0.2) is 71.2 Å². The van der Waals surface area contributed by atoms with Gasteiger partial charge in [-0.3, -0.25) is 0 Å². The van der Waals surface area contributed by atoms with E-state index in [2.05, 4.69) is 15.2 Å². The Balaban J connectivity index is 1.43. The first-order chi connectivity index (χ1) is 15.9. The fraction of sp³-hybridized carbons (Fsp3) is 0.750. The fourth-order valence-corrected chi connectivity index (χ4v) is 4.56. The highest BCUT2D eigenvalue weighted by Gasteiger charge is 2.31. The first kappa shape index (κ1) is 26.5. The summed E-state index contributed by atoms with van der Waals surface area (Å²) in [4.78, 5) is 18.4. The van der Waals surface area contributed by atoms with E-state index in [-0.39, 0.29) is 17.8 Å². The summed E-state index contributed by atoms with van der Waals surface area (Å²) in [5.74, 6) is 0.157. The molecule has 34 heavy (non-hydrogen) atoms. The van der Waals surface area contributed by atoms with Gasteiger partial charge in [-0.1, -0.05) is 6.07 Å². The number of nitrogens with one attached hydrogen (secondary N) is 1. The van der Waals surface area contributed by atoms with Gasteiger partial charge in [0.25, 0.3) is 0 Å². The highest BCUT2D eigenvalue weighted by atomic mass is 19.4. The van der Waals surface area contributed by atoms with Crippen molar-refractivity contribution in [1.82, 2.24) is 15.2 Å². The molecule has 3 rings (SSSR count). The first-order valence-electron chi connectivity index (χ1n) is 12.0. The zero-order valence-corrected chi connectivity index (χ0v) is 20.2. The van der Waals surface area contributed by atoms with Crippen molar-refractivity contribution < 1.29 is 32.5 Å². The molecule has 2 heterocycles. The highest BCUT2D eigenvalue weighted by Crippen LogP contribution is 2.28. The smallest absolute Gasteiger partial charge is 0.422 e. The molecule has 7 nitrogen and oxygen atoms in total. The lowest BCUT2D eigenvalue weighted by molar-refractivity contribution is -0.154. The van der Waals surface area contributed by atoms with Crippen LogP contribution < -0.4 is 10.1 Å². The zero-order chi connectivity index (χ0) is 24.9. The van der Waals surface area contributed by atoms with Gasteiger partial charge in [0.1, 0.15) is 5.60 Å². The zero-order valence-electron chi connectivity index (χ0n) is 20.2. The van der Waals surface area contributed by atoms with Gasteiger partial charge < -0.3 is 24.8 Å². The molecule has 0 aromatic carbocycles. The Kier molecular flexibility index (Phi) is 8.67. The van der Waals surface area contributed by atoms with Gasteiger partial charge in [-0.2, -0.15) is 13.2 Å². The number of halogens is 3. The van der Waals surface area contributed by atoms with E-state index in [9.17, 15) is 23.1 Å². The van der Waals surface area contributed by atoms with Crippen molar-refractivity contribution in [1.29, 1.82) is 0 Å². The van der Waals surface area contributed by atoms with Gasteiger partial charge in [0.2, 0.25) is 5.88 Å². The van der Waals surface area contributed by atoms with Crippen LogP contribution in [0.1, 0.15) is 57.7 Å². The van der Waals surface area contributed by atoms with Crippen LogP contribution in [0.25, 0.3) is 0 Å². The molecule has 0 unspecified atom stereocenters. The molecule has 0 radical (unpaired) electrons. The second-order valence-electron chi connectivity index (χ2n) is 10.3. The predicted octanol–water partition coefficient (Wildman–Crippen LogP) is 3.87. The van der Waals surface area contributed by atoms with Crippen molar-refractivity contribution in [2.24, 2.45) is 5.92 Å². The number of aliphatic hydroxyl groups is 1. The molecule has 2 N–H and O–H groups in total. The summed E-state index contributed by atoms with van der Waals surface area (Å²) < 4.78 is 47.3. The van der Waals surface area contributed by atoms with Gasteiger partial charge >= 0.3 is 12.3 Å². The summed E-state index contributed by atoms with van der Waals surface area (Å²) in [7, 11) is 0. The third-order valence-corrected chi connectivity index (χ3v) is 6.27. The second kappa shape index (κ2) is 11.1. The van der Waals surface area contributed by atoms with Crippen molar-refractivity contribution in [3.05, 3.63) is 23.4 Å². The Morgan fingerprint density at radius 3 is 2.50 bits per heavy atom. The Morgan fingerprint density at radius 2 is 1.85 bits per heavy atom. The van der Waals surface area contributed by atoms with Crippen molar-refractivity contribution in [2.45, 2.75) is 83.2 Å². The van der Waals surface area contributed by atoms with Crippen molar-refractivity contribution in [3.8, 4) is 5.88 Å². The van der Waals surface area contributed by atoms with E-state index in [1.165, 1.54) is 6.07 Å². The van der Waals surface area contributed by atoms with E-state index in [0.717, 1.165) is 49.9 Å². The average Bonchev–Trinajstić information content (AvgIpc) is 2.93. The number of nitrogens with zero attached hydrogens (tertiary/aromatic N) is 2. The first-order valence-corrected chi connectivity index (χ1v) is 12.0. The summed E-state index contributed by atoms with van der Waals surface area (Å²) >= 11 is 0. The Bertz CT molecular complexity index is 821. The molecule has 10 heteroatoms. The lowest BCUT2D eigenvalue weighted by Crippen LogP contribution is -2.44. The number of aliphatic hydroxyl groups excluding tert-OH is 1. The maximum Gasteiger partial charge on any atom is 0.422 e. The largest absolute Gasteiger partial charge is 0.468 e. The molecule has 2 aliphatic rings. The summed E-state index contributed by atoms with van der Waals surface area (Å²) in [5, 5.41) is 13.8. The summed E-state index contributed by atoms with van der Waals surface area (Å²) in [6.45, 7) is 6.11. The van der Waals surface area contributed by atoms with E-state index in [1.54, 1.807) is 6.07 Å². The van der Waals surface area contributed by atoms with E-state index >= 15 is 0 Å². The minimum absolute atomic E-state index is 0.0127. The lowest BCUT2D eigenvalue weighted by atomic mass is 9.82. The number of alkyl halides is 3. The Morgan fingerprint density at radius 1 is 1.18 bits per heavy atom. The van der Waals surface area contributed by atoms with Gasteiger partial charge in [0.05, 0.1) is 6.10 Å². The molecular weight excluding hydrogens is 451 g/mol. The number of carbonyl (C=O) groups is 1. The summed E-state index contributed by atoms with van der Waals surface area (Å²) in [5.41, 5.74) is 1.23. The van der Waals surface area contributed by atoms with Gasteiger partial charge in [-0.25, -0.2) is 9.78 Å². The van der Waals surface area contributed by atoms with Crippen molar-refractivity contribution in [3.63, 3.8) is 0 Å². The van der Waals surface area contributed by atoms with Crippen LogP contribution in [0.3, 0.4) is 0 Å². The molecule has 1 fully saturated rings. The monoisotopic (exact) mass is 487 g/mol. The SMILES string of the molecule is CC(C)(C)OC(=O)N[C@H]1CC[C@H]([C@@H](O)CN2CCc3ccc(OCC(F)(F)F)nc3CC2)CC1. The third kappa shape index (κ3) is 8.61. The number of hydrogen-bond donors (Lipinski definition) is 2. The summed E-state index contributed by atoms with van der Waals surface area (Å²) in [6.07, 6.45) is -0.684. The molecule has 0 saturated heterocycles. The maximum atomic E-state index is 12.4. The van der Waals surface area contributed by atoms with Crippen LogP contribution in [0.2, 0.25) is 0 Å². The van der Waals surface area contributed by atoms with E-state index in [1.807, 2.05) is 20.8 Å². The Hall–Kier alpha value is -2.07. The topological polar surface area (TPSA) is 83.9 Å². The molecule has 1 aromatic rings. The average molecular weight is 488 g/mol. The number of pyridine rings is 1. The number of alkyl carbamates (subject to hydrolysis) is 1. The maximum absolute atomic E-state index is 12.4. The minimum atomic E-state index is -4.40. The number of carbonyl (C=O) groups excluding carboxylic acids is 1. The molecule has 1 saturated carbocycles. The lowest BCUT2D eigenvalue weighted by Gasteiger charge is -2.34. The van der Waals surface area contributed by atoms with Gasteiger partial charge in [0.15, 0.2) is 6.61 Å². The number of fused-ring (bicyclic) bond motifs is 1. The number of rotatable bonds is 6. The third-order valence-electron chi connectivity index (χ3n) is 6.27. The van der Waals surface area contributed by atoms with Crippen LogP contribution in [0.4, 0.5) is 18.0 Å². The molecule has 192 valence electrons. The standard InChI is InChI=1S/C24H36F3N3O4/c1-23(2,3)34-22(32)28-18-7-4-17(5-8-18)20(31)14-30-12-10-16-6-9-21(29-19(16)11-13-30)33-15-24(25,26)27/h6,9,17-18,20,31H,4-5,7-8,10-15H2,1-3H3,(H,28,32)/t17-,18-,20-/m0/s1. The number of aromatic nitrogens is 1. The Labute approximate surface area is 199 Å². The highest BCUT2D eigenvalue weighted by molar-refractivity contribution is 5.68. The number of hydrogen-bond acceptors (Lipinski definition) is 6. The van der Waals surface area contributed by atoms with Crippen LogP contribution in [-0.2, 0) is 17.6 Å². The van der Waals surface area contributed by atoms with Gasteiger partial charge in [-0.15, -0.1) is 0 Å². The van der Waals surface area contributed by atoms with E-state index in [4.69, 9.17) is 9.47 Å². The second-order valence-corrected chi connectivity index (χ2v) is 10.3. The molecule has 1 aliphatic carbocycles. The number of ether oxygens (including phenoxy) is 2.